The first-order chi connectivity index (χ1) is 11.9. The molecule has 0 fully saturated rings. The monoisotopic (exact) mass is 378 g/mol. The van der Waals surface area contributed by atoms with Gasteiger partial charge < -0.3 is 4.74 Å². The van der Waals surface area contributed by atoms with E-state index < -0.39 is 26.0 Å². The molecule has 0 N–H and O–H groups in total. The summed E-state index contributed by atoms with van der Waals surface area (Å²) in [7, 11) is -3.70. The summed E-state index contributed by atoms with van der Waals surface area (Å²) in [5.74, 6) is -0.407. The van der Waals surface area contributed by atoms with Crippen LogP contribution in [0, 0.1) is 5.41 Å². The number of ether oxygens (including phenoxy) is 1. The molecule has 0 atom stereocenters. The second-order valence-electron chi connectivity index (χ2n) is 7.50. The minimum Gasteiger partial charge on any atom is -0.405 e. The number of carbonyl (C=O) groups excluding carboxylic acids is 1. The van der Waals surface area contributed by atoms with Crippen molar-refractivity contribution in [3.63, 3.8) is 0 Å². The minimum atomic E-state index is -3.70. The van der Waals surface area contributed by atoms with E-state index >= 15 is 0 Å². The van der Waals surface area contributed by atoms with Gasteiger partial charge in [-0.2, -0.15) is 0 Å². The van der Waals surface area contributed by atoms with E-state index in [9.17, 15) is 13.2 Å². The van der Waals surface area contributed by atoms with Gasteiger partial charge in [0.05, 0.1) is 22.1 Å². The predicted octanol–water partition coefficient (Wildman–Crippen LogP) is 2.01. The summed E-state index contributed by atoms with van der Waals surface area (Å²) in [4.78, 5) is 27.8. The van der Waals surface area contributed by atoms with Crippen LogP contribution in [0.15, 0.2) is 36.0 Å². The molecule has 0 radical (unpaired) electrons. The highest BCUT2D eigenvalue weighted by Crippen LogP contribution is 2.28. The zero-order valence-corrected chi connectivity index (χ0v) is 16.2. The van der Waals surface area contributed by atoms with Crippen LogP contribution in [0.1, 0.15) is 40.3 Å². The number of rotatable bonds is 5. The van der Waals surface area contributed by atoms with Gasteiger partial charge in [-0.1, -0.05) is 0 Å². The van der Waals surface area contributed by atoms with Crippen LogP contribution in [-0.4, -0.2) is 39.1 Å². The number of sulfone groups is 1. The Balaban J connectivity index is 2.25. The molecular formula is C17H22N4O4S. The molecule has 0 unspecified atom stereocenters. The smallest absolute Gasteiger partial charge is 0.318 e. The number of carbonyl (C=O) groups is 1. The SMILES string of the molecule is CC(C)(C)C(=O)Oc1cncc(CC(C)(C)S(=O)(=O)c2cncnc2)n1. The molecule has 2 aromatic heterocycles. The lowest BCUT2D eigenvalue weighted by Crippen LogP contribution is -2.35. The highest BCUT2D eigenvalue weighted by molar-refractivity contribution is 7.92. The molecule has 2 heterocycles. The van der Waals surface area contributed by atoms with Crippen molar-refractivity contribution in [2.75, 3.05) is 0 Å². The molecule has 2 rings (SSSR count). The average Bonchev–Trinajstić information content (AvgIpc) is 2.54. The minimum absolute atomic E-state index is 0.0354. The normalized spacial score (nSPS) is 12.7. The third kappa shape index (κ3) is 4.40. The van der Waals surface area contributed by atoms with Crippen molar-refractivity contribution >= 4 is 15.8 Å². The maximum atomic E-state index is 12.8. The van der Waals surface area contributed by atoms with Crippen molar-refractivity contribution in [1.29, 1.82) is 0 Å². The van der Waals surface area contributed by atoms with Crippen molar-refractivity contribution in [1.82, 2.24) is 19.9 Å². The van der Waals surface area contributed by atoms with Crippen LogP contribution in [-0.2, 0) is 21.1 Å². The van der Waals surface area contributed by atoms with E-state index in [2.05, 4.69) is 19.9 Å². The molecular weight excluding hydrogens is 356 g/mol. The van der Waals surface area contributed by atoms with Crippen LogP contribution in [0.3, 0.4) is 0 Å². The largest absolute Gasteiger partial charge is 0.405 e. The first-order valence-corrected chi connectivity index (χ1v) is 9.45. The number of nitrogens with zero attached hydrogens (tertiary/aromatic N) is 4. The van der Waals surface area contributed by atoms with Gasteiger partial charge in [0.15, 0.2) is 9.84 Å². The van der Waals surface area contributed by atoms with Gasteiger partial charge in [0.2, 0.25) is 5.88 Å². The third-order valence-electron chi connectivity index (χ3n) is 3.65. The van der Waals surface area contributed by atoms with Crippen LogP contribution in [0.4, 0.5) is 0 Å². The highest BCUT2D eigenvalue weighted by atomic mass is 32.2. The molecule has 0 spiro atoms. The number of aromatic nitrogens is 4. The van der Waals surface area contributed by atoms with Gasteiger partial charge in [0, 0.05) is 25.0 Å². The quantitative estimate of drug-likeness (QED) is 0.726. The molecule has 2 aromatic rings. The predicted molar refractivity (Wildman–Crippen MR) is 94.1 cm³/mol. The average molecular weight is 378 g/mol. The van der Waals surface area contributed by atoms with Crippen LogP contribution < -0.4 is 4.74 Å². The van der Waals surface area contributed by atoms with E-state index in [0.29, 0.717) is 5.69 Å². The van der Waals surface area contributed by atoms with Gasteiger partial charge in [0.1, 0.15) is 11.2 Å². The summed E-state index contributed by atoms with van der Waals surface area (Å²) >= 11 is 0. The van der Waals surface area contributed by atoms with Crippen LogP contribution in [0.5, 0.6) is 5.88 Å². The first kappa shape index (κ1) is 19.9. The van der Waals surface area contributed by atoms with E-state index in [1.165, 1.54) is 31.1 Å². The van der Waals surface area contributed by atoms with E-state index in [0.717, 1.165) is 0 Å². The molecule has 140 valence electrons. The molecule has 0 aromatic carbocycles. The summed E-state index contributed by atoms with van der Waals surface area (Å²) < 4.78 is 29.7. The fraction of sp³-hybridized carbons (Fsp3) is 0.471. The number of hydrogen-bond donors (Lipinski definition) is 0. The van der Waals surface area contributed by atoms with Crippen molar-refractivity contribution < 1.29 is 17.9 Å². The Bertz CT molecular complexity index is 890. The van der Waals surface area contributed by atoms with E-state index in [1.54, 1.807) is 34.6 Å². The van der Waals surface area contributed by atoms with Crippen molar-refractivity contribution in [3.8, 4) is 5.88 Å². The standard InChI is InChI=1S/C17H22N4O4S/c1-16(2,3)15(22)25-14-10-18-7-12(21-14)6-17(4,5)26(23,24)13-8-19-11-20-9-13/h7-11H,6H2,1-5H3. The first-order valence-electron chi connectivity index (χ1n) is 7.96. The Labute approximate surface area is 153 Å². The zero-order valence-electron chi connectivity index (χ0n) is 15.4. The molecule has 0 aliphatic heterocycles. The Morgan fingerprint density at radius 3 is 2.19 bits per heavy atom. The van der Waals surface area contributed by atoms with Gasteiger partial charge >= 0.3 is 5.97 Å². The van der Waals surface area contributed by atoms with E-state index in [4.69, 9.17) is 4.74 Å². The Morgan fingerprint density at radius 2 is 1.62 bits per heavy atom. The second-order valence-corrected chi connectivity index (χ2v) is 10.1. The number of hydrogen-bond acceptors (Lipinski definition) is 8. The lowest BCUT2D eigenvalue weighted by atomic mass is 9.97. The Kier molecular flexibility index (Phi) is 5.41. The van der Waals surface area contributed by atoms with Crippen molar-refractivity contribution in [2.45, 2.75) is 50.7 Å². The molecule has 0 saturated heterocycles. The summed E-state index contributed by atoms with van der Waals surface area (Å²) in [5, 5.41) is 0. The summed E-state index contributed by atoms with van der Waals surface area (Å²) in [5.41, 5.74) is -0.289. The Hall–Kier alpha value is -2.42. The highest BCUT2D eigenvalue weighted by Gasteiger charge is 2.37. The third-order valence-corrected chi connectivity index (χ3v) is 6.08. The molecule has 26 heavy (non-hydrogen) atoms. The van der Waals surface area contributed by atoms with Crippen LogP contribution in [0.25, 0.3) is 0 Å². The lowest BCUT2D eigenvalue weighted by Gasteiger charge is -2.24. The lowest BCUT2D eigenvalue weighted by molar-refractivity contribution is -0.143. The van der Waals surface area contributed by atoms with Crippen molar-refractivity contribution in [3.05, 3.63) is 36.8 Å². The van der Waals surface area contributed by atoms with Crippen molar-refractivity contribution in [2.24, 2.45) is 5.41 Å². The zero-order chi connectivity index (χ0) is 19.6. The molecule has 0 bridgehead atoms. The summed E-state index contributed by atoms with van der Waals surface area (Å²) in [6.45, 7) is 8.36. The van der Waals surface area contributed by atoms with Gasteiger partial charge in [0.25, 0.3) is 0 Å². The number of esters is 1. The molecule has 0 aliphatic carbocycles. The summed E-state index contributed by atoms with van der Waals surface area (Å²) in [6, 6.07) is 0. The van der Waals surface area contributed by atoms with Gasteiger partial charge in [-0.15, -0.1) is 0 Å². The topological polar surface area (TPSA) is 112 Å². The fourth-order valence-electron chi connectivity index (χ4n) is 2.04. The van der Waals surface area contributed by atoms with Gasteiger partial charge in [-0.25, -0.2) is 23.4 Å². The van der Waals surface area contributed by atoms with E-state index in [-0.39, 0.29) is 17.2 Å². The van der Waals surface area contributed by atoms with E-state index in [1.807, 2.05) is 0 Å². The fourth-order valence-corrected chi connectivity index (χ4v) is 3.42. The molecule has 0 aliphatic rings. The van der Waals surface area contributed by atoms with Crippen LogP contribution >= 0.6 is 0 Å². The maximum Gasteiger partial charge on any atom is 0.318 e. The maximum absolute atomic E-state index is 12.8. The molecule has 0 saturated carbocycles. The summed E-state index contributed by atoms with van der Waals surface area (Å²) in [6.07, 6.45) is 6.64. The molecule has 9 heteroatoms. The molecule has 0 amide bonds. The Morgan fingerprint density at radius 1 is 1.00 bits per heavy atom. The van der Waals surface area contributed by atoms with Crippen LogP contribution in [0.2, 0.25) is 0 Å². The van der Waals surface area contributed by atoms with Gasteiger partial charge in [-0.3, -0.25) is 9.78 Å². The molecule has 8 nitrogen and oxygen atoms in total. The second kappa shape index (κ2) is 7.06. The van der Waals surface area contributed by atoms with Gasteiger partial charge in [-0.05, 0) is 34.6 Å².